The lowest BCUT2D eigenvalue weighted by atomic mass is 10.3. The Hall–Kier alpha value is -0.640. The zero-order valence-electron chi connectivity index (χ0n) is 6.60. The first-order chi connectivity index (χ1) is 5.38. The first-order valence-electron chi connectivity index (χ1n) is 3.56. The molecule has 12 heavy (non-hydrogen) atoms. The zero-order chi connectivity index (χ0) is 8.10. The average Bonchev–Trinajstić information content (AvgIpc) is 2.09. The van der Waals surface area contributed by atoms with E-state index in [2.05, 4.69) is 0 Å². The van der Waals surface area contributed by atoms with E-state index in [-0.39, 0.29) is 31.7 Å². The van der Waals surface area contributed by atoms with Crippen LogP contribution in [0.15, 0.2) is 30.6 Å². The summed E-state index contributed by atoms with van der Waals surface area (Å²) in [5, 5.41) is 17.6. The molecule has 0 radical (unpaired) electrons. The van der Waals surface area contributed by atoms with Gasteiger partial charge in [-0.2, -0.15) is 4.57 Å². The first kappa shape index (κ1) is 11.4. The minimum atomic E-state index is -0.212. The second-order valence-corrected chi connectivity index (χ2v) is 2.34. The second-order valence-electron chi connectivity index (χ2n) is 2.34. The van der Waals surface area contributed by atoms with Crippen LogP contribution in [0.2, 0.25) is 0 Å². The molecule has 0 aliphatic heterocycles. The molecule has 4 heteroatoms. The number of aromatic nitrogens is 1. The number of hydrogen-bond donors (Lipinski definition) is 2. The van der Waals surface area contributed by atoms with Crippen molar-refractivity contribution in [1.82, 2.24) is 0 Å². The smallest absolute Gasteiger partial charge is 0.203 e. The minimum Gasteiger partial charge on any atom is -1.00 e. The summed E-state index contributed by atoms with van der Waals surface area (Å²) in [5.41, 5.74) is 0. The summed E-state index contributed by atoms with van der Waals surface area (Å²) in [5.74, 6) is 0. The summed E-state index contributed by atoms with van der Waals surface area (Å²) >= 11 is 0. The molecule has 0 saturated carbocycles. The average molecular weight is 190 g/mol. The number of rotatable bonds is 3. The maximum Gasteiger partial charge on any atom is 0.203 e. The van der Waals surface area contributed by atoms with Crippen LogP contribution in [0.25, 0.3) is 0 Å². The van der Waals surface area contributed by atoms with Crippen LogP contribution < -0.4 is 17.0 Å². The minimum absolute atomic E-state index is 0. The highest BCUT2D eigenvalue weighted by Gasteiger charge is 2.13. The van der Waals surface area contributed by atoms with E-state index in [0.29, 0.717) is 0 Å². The lowest BCUT2D eigenvalue weighted by Gasteiger charge is -2.04. The molecule has 68 valence electrons. The monoisotopic (exact) mass is 189 g/mol. The van der Waals surface area contributed by atoms with Crippen molar-refractivity contribution in [3.63, 3.8) is 0 Å². The lowest BCUT2D eigenvalue weighted by Crippen LogP contribution is -3.00. The number of halogens is 1. The Kier molecular flexibility index (Phi) is 5.62. The fourth-order valence-electron chi connectivity index (χ4n) is 0.902. The van der Waals surface area contributed by atoms with Crippen LogP contribution in [-0.2, 0) is 0 Å². The normalized spacial score (nSPS) is 9.58. The van der Waals surface area contributed by atoms with E-state index < -0.39 is 0 Å². The molecule has 0 aliphatic carbocycles. The van der Waals surface area contributed by atoms with Crippen molar-refractivity contribution in [1.29, 1.82) is 0 Å². The van der Waals surface area contributed by atoms with Crippen LogP contribution in [0.3, 0.4) is 0 Å². The van der Waals surface area contributed by atoms with Gasteiger partial charge in [-0.1, -0.05) is 6.07 Å². The topological polar surface area (TPSA) is 44.3 Å². The molecular formula is C8H12ClNO2. The molecule has 1 aromatic heterocycles. The van der Waals surface area contributed by atoms with Gasteiger partial charge in [0.2, 0.25) is 6.04 Å². The van der Waals surface area contributed by atoms with Crippen molar-refractivity contribution in [3.05, 3.63) is 30.6 Å². The summed E-state index contributed by atoms with van der Waals surface area (Å²) in [4.78, 5) is 0. The molecule has 1 heterocycles. The SMILES string of the molecule is OCC(CO)[n+]1ccccc1.[Cl-]. The molecule has 0 unspecified atom stereocenters. The van der Waals surface area contributed by atoms with Gasteiger partial charge < -0.3 is 22.6 Å². The number of nitrogens with zero attached hydrogens (tertiary/aromatic N) is 1. The number of aliphatic hydroxyl groups is 2. The van der Waals surface area contributed by atoms with Gasteiger partial charge in [-0.25, -0.2) is 0 Å². The molecule has 1 rings (SSSR count). The van der Waals surface area contributed by atoms with Crippen LogP contribution in [-0.4, -0.2) is 23.4 Å². The maximum absolute atomic E-state index is 8.80. The van der Waals surface area contributed by atoms with E-state index in [4.69, 9.17) is 10.2 Å². The Bertz CT molecular complexity index is 201. The molecule has 0 aromatic carbocycles. The van der Waals surface area contributed by atoms with E-state index in [1.165, 1.54) is 0 Å². The van der Waals surface area contributed by atoms with Crippen LogP contribution in [0.1, 0.15) is 6.04 Å². The van der Waals surface area contributed by atoms with E-state index in [9.17, 15) is 0 Å². The van der Waals surface area contributed by atoms with Gasteiger partial charge in [0.25, 0.3) is 0 Å². The molecule has 1 aromatic rings. The first-order valence-corrected chi connectivity index (χ1v) is 3.56. The van der Waals surface area contributed by atoms with Crippen molar-refractivity contribution in [2.75, 3.05) is 13.2 Å². The van der Waals surface area contributed by atoms with Gasteiger partial charge in [-0.15, -0.1) is 0 Å². The van der Waals surface area contributed by atoms with Gasteiger partial charge in [0.15, 0.2) is 12.4 Å². The Labute approximate surface area is 77.7 Å². The summed E-state index contributed by atoms with van der Waals surface area (Å²) in [7, 11) is 0. The Morgan fingerprint density at radius 2 is 1.50 bits per heavy atom. The number of pyridine rings is 1. The summed E-state index contributed by atoms with van der Waals surface area (Å²) in [6.45, 7) is -0.0731. The Balaban J connectivity index is 0.00000121. The van der Waals surface area contributed by atoms with Crippen molar-refractivity contribution in [3.8, 4) is 0 Å². The highest BCUT2D eigenvalue weighted by molar-refractivity contribution is 4.84. The summed E-state index contributed by atoms with van der Waals surface area (Å²) < 4.78 is 1.78. The third-order valence-corrected chi connectivity index (χ3v) is 1.58. The van der Waals surface area contributed by atoms with E-state index in [1.54, 1.807) is 4.57 Å². The molecule has 0 fully saturated rings. The standard InChI is InChI=1S/C8H12NO2.ClH/c10-6-8(7-11)9-4-2-1-3-5-9;/h1-5,8,10-11H,6-7H2;1H/q+1;/p-1. The highest BCUT2D eigenvalue weighted by atomic mass is 35.5. The number of hydrogen-bond acceptors (Lipinski definition) is 2. The molecule has 3 nitrogen and oxygen atoms in total. The molecule has 0 spiro atoms. The summed E-state index contributed by atoms with van der Waals surface area (Å²) in [6.07, 6.45) is 3.63. The van der Waals surface area contributed by atoms with Gasteiger partial charge >= 0.3 is 0 Å². The van der Waals surface area contributed by atoms with Crippen LogP contribution in [0.4, 0.5) is 0 Å². The fraction of sp³-hybridized carbons (Fsp3) is 0.375. The van der Waals surface area contributed by atoms with Crippen LogP contribution in [0.5, 0.6) is 0 Å². The van der Waals surface area contributed by atoms with E-state index in [0.717, 1.165) is 0 Å². The van der Waals surface area contributed by atoms with Gasteiger partial charge in [0.1, 0.15) is 13.2 Å². The van der Waals surface area contributed by atoms with Crippen LogP contribution >= 0.6 is 0 Å². The Morgan fingerprint density at radius 3 is 1.92 bits per heavy atom. The van der Waals surface area contributed by atoms with Crippen molar-refractivity contribution in [2.24, 2.45) is 0 Å². The van der Waals surface area contributed by atoms with Gasteiger partial charge in [0.05, 0.1) is 0 Å². The largest absolute Gasteiger partial charge is 1.00 e. The molecule has 0 aliphatic rings. The fourth-order valence-corrected chi connectivity index (χ4v) is 0.902. The number of aliphatic hydroxyl groups excluding tert-OH is 2. The molecule has 0 saturated heterocycles. The molecule has 0 amide bonds. The zero-order valence-corrected chi connectivity index (χ0v) is 7.35. The van der Waals surface area contributed by atoms with E-state index >= 15 is 0 Å². The second kappa shape index (κ2) is 5.94. The van der Waals surface area contributed by atoms with Crippen LogP contribution in [0, 0.1) is 0 Å². The molecule has 2 N–H and O–H groups in total. The predicted octanol–water partition coefficient (Wildman–Crippen LogP) is -3.50. The van der Waals surface area contributed by atoms with Gasteiger partial charge in [0, 0.05) is 12.1 Å². The van der Waals surface area contributed by atoms with Crippen molar-refractivity contribution >= 4 is 0 Å². The highest BCUT2D eigenvalue weighted by Crippen LogP contribution is 1.91. The van der Waals surface area contributed by atoms with Gasteiger partial charge in [-0.3, -0.25) is 0 Å². The lowest BCUT2D eigenvalue weighted by molar-refractivity contribution is -0.726. The van der Waals surface area contributed by atoms with Crippen molar-refractivity contribution < 1.29 is 27.2 Å². The van der Waals surface area contributed by atoms with Gasteiger partial charge in [-0.05, 0) is 0 Å². The molecule has 0 bridgehead atoms. The molecule has 0 atom stereocenters. The maximum atomic E-state index is 8.80. The third kappa shape index (κ3) is 2.77. The quantitative estimate of drug-likeness (QED) is 0.485. The Morgan fingerprint density at radius 1 is 1.00 bits per heavy atom. The van der Waals surface area contributed by atoms with E-state index in [1.807, 2.05) is 30.6 Å². The summed E-state index contributed by atoms with van der Waals surface area (Å²) in [6, 6.07) is 5.40. The van der Waals surface area contributed by atoms with Crippen molar-refractivity contribution in [2.45, 2.75) is 6.04 Å². The molecular weight excluding hydrogens is 178 g/mol. The third-order valence-electron chi connectivity index (χ3n) is 1.58. The predicted molar refractivity (Wildman–Crippen MR) is 39.8 cm³/mol.